The van der Waals surface area contributed by atoms with Crippen LogP contribution in [0.5, 0.6) is 0 Å². The van der Waals surface area contributed by atoms with E-state index >= 15 is 0 Å². The molecule has 1 spiro atoms. The zero-order valence-corrected chi connectivity index (χ0v) is 12.8. The first kappa shape index (κ1) is 12.9. The molecule has 21 heavy (non-hydrogen) atoms. The summed E-state index contributed by atoms with van der Waals surface area (Å²) >= 11 is 0. The lowest BCUT2D eigenvalue weighted by Crippen LogP contribution is -2.40. The van der Waals surface area contributed by atoms with Crippen molar-refractivity contribution in [2.24, 2.45) is 0 Å². The van der Waals surface area contributed by atoms with E-state index in [1.165, 1.54) is 48.1 Å². The first-order chi connectivity index (χ1) is 10.2. The van der Waals surface area contributed by atoms with Gasteiger partial charge in [-0.25, -0.2) is 0 Å². The number of pyridine rings is 1. The van der Waals surface area contributed by atoms with Gasteiger partial charge >= 0.3 is 0 Å². The molecular weight excluding hydrogens is 256 g/mol. The highest BCUT2D eigenvalue weighted by Crippen LogP contribution is 2.56. The Morgan fingerprint density at radius 2 is 1.90 bits per heavy atom. The number of anilines is 1. The molecule has 0 radical (unpaired) electrons. The van der Waals surface area contributed by atoms with Gasteiger partial charge in [-0.2, -0.15) is 0 Å². The van der Waals surface area contributed by atoms with E-state index in [9.17, 15) is 0 Å². The van der Waals surface area contributed by atoms with Gasteiger partial charge in [0, 0.05) is 18.1 Å². The van der Waals surface area contributed by atoms with E-state index in [0.29, 0.717) is 6.04 Å². The normalized spacial score (nSPS) is 22.8. The van der Waals surface area contributed by atoms with Gasteiger partial charge in [-0.1, -0.05) is 31.0 Å². The van der Waals surface area contributed by atoms with Crippen molar-refractivity contribution in [3.8, 4) is 0 Å². The summed E-state index contributed by atoms with van der Waals surface area (Å²) in [6.07, 6.45) is 9.24. The van der Waals surface area contributed by atoms with Gasteiger partial charge in [0.1, 0.15) is 0 Å². The topological polar surface area (TPSA) is 16.1 Å². The van der Waals surface area contributed by atoms with E-state index < -0.39 is 0 Å². The smallest absolute Gasteiger partial charge is 0.0664 e. The molecule has 0 amide bonds. The van der Waals surface area contributed by atoms with Crippen molar-refractivity contribution in [1.29, 1.82) is 0 Å². The Bertz CT molecular complexity index is 671. The molecule has 2 nitrogen and oxygen atoms in total. The number of hydrogen-bond acceptors (Lipinski definition) is 2. The maximum Gasteiger partial charge on any atom is 0.0664 e. The third-order valence-corrected chi connectivity index (χ3v) is 5.46. The predicted octanol–water partition coefficient (Wildman–Crippen LogP) is 4.74. The molecule has 1 atom stereocenters. The monoisotopic (exact) mass is 278 g/mol. The number of fused-ring (bicyclic) bond motifs is 2. The van der Waals surface area contributed by atoms with E-state index in [2.05, 4.69) is 60.3 Å². The van der Waals surface area contributed by atoms with Gasteiger partial charge in [0.15, 0.2) is 0 Å². The highest BCUT2D eigenvalue weighted by molar-refractivity contribution is 5.63. The van der Waals surface area contributed by atoms with Crippen LogP contribution in [0.3, 0.4) is 0 Å². The fraction of sp³-hybridized carbons (Fsp3) is 0.421. The van der Waals surface area contributed by atoms with Crippen molar-refractivity contribution in [1.82, 2.24) is 4.98 Å². The van der Waals surface area contributed by atoms with Crippen LogP contribution in [0.2, 0.25) is 0 Å². The molecule has 1 aliphatic heterocycles. The highest BCUT2D eigenvalue weighted by Gasteiger charge is 2.50. The number of para-hydroxylation sites is 1. The number of rotatable bonds is 1. The van der Waals surface area contributed by atoms with Crippen molar-refractivity contribution in [2.75, 3.05) is 4.90 Å². The molecule has 4 rings (SSSR count). The van der Waals surface area contributed by atoms with Crippen molar-refractivity contribution in [3.63, 3.8) is 0 Å². The summed E-state index contributed by atoms with van der Waals surface area (Å²) in [7, 11) is 0. The molecule has 0 bridgehead atoms. The van der Waals surface area contributed by atoms with Gasteiger partial charge in [-0.05, 0) is 55.5 Å². The van der Waals surface area contributed by atoms with Gasteiger partial charge in [-0.3, -0.25) is 4.98 Å². The SMILES string of the molecule is Cc1ccccc1N1[C@@H](C)c2cnccc2C12CCCC2. The standard InChI is InChI=1S/C19H22N2/c1-14-7-3-4-8-18(14)21-15(2)16-13-20-12-9-17(16)19(21)10-5-6-11-19/h3-4,7-9,12-13,15H,5-6,10-11H2,1-2H3/t15-/m0/s1. The molecular formula is C19H22N2. The molecule has 1 saturated carbocycles. The van der Waals surface area contributed by atoms with E-state index in [0.717, 1.165) is 0 Å². The average molecular weight is 278 g/mol. The maximum absolute atomic E-state index is 4.39. The third-order valence-electron chi connectivity index (χ3n) is 5.46. The molecule has 1 aromatic carbocycles. The Morgan fingerprint density at radius 3 is 2.67 bits per heavy atom. The molecule has 2 aliphatic rings. The van der Waals surface area contributed by atoms with Crippen LogP contribution in [-0.2, 0) is 5.54 Å². The fourth-order valence-electron chi connectivity index (χ4n) is 4.55. The molecule has 1 fully saturated rings. The Balaban J connectivity index is 1.93. The first-order valence-corrected chi connectivity index (χ1v) is 8.03. The van der Waals surface area contributed by atoms with Crippen molar-refractivity contribution < 1.29 is 0 Å². The number of aryl methyl sites for hydroxylation is 1. The summed E-state index contributed by atoms with van der Waals surface area (Å²) < 4.78 is 0. The number of hydrogen-bond donors (Lipinski definition) is 0. The Hall–Kier alpha value is -1.83. The lowest BCUT2D eigenvalue weighted by molar-refractivity contribution is 0.416. The van der Waals surface area contributed by atoms with E-state index in [1.807, 2.05) is 6.20 Å². The average Bonchev–Trinajstić information content (AvgIpc) is 3.07. The lowest BCUT2D eigenvalue weighted by atomic mass is 9.88. The van der Waals surface area contributed by atoms with E-state index in [1.54, 1.807) is 0 Å². The van der Waals surface area contributed by atoms with Gasteiger partial charge in [0.25, 0.3) is 0 Å². The minimum atomic E-state index is 0.198. The second-order valence-corrected chi connectivity index (χ2v) is 6.53. The van der Waals surface area contributed by atoms with Gasteiger partial charge in [0.05, 0.1) is 11.6 Å². The molecule has 2 heteroatoms. The molecule has 0 unspecified atom stereocenters. The second kappa shape index (κ2) is 4.59. The van der Waals surface area contributed by atoms with Crippen LogP contribution >= 0.6 is 0 Å². The number of nitrogens with zero attached hydrogens (tertiary/aromatic N) is 2. The van der Waals surface area contributed by atoms with Crippen molar-refractivity contribution in [2.45, 2.75) is 51.1 Å². The molecule has 2 aromatic rings. The summed E-state index contributed by atoms with van der Waals surface area (Å²) in [5, 5.41) is 0. The zero-order valence-electron chi connectivity index (χ0n) is 12.8. The number of benzene rings is 1. The Labute approximate surface area is 126 Å². The minimum absolute atomic E-state index is 0.198. The number of aromatic nitrogens is 1. The van der Waals surface area contributed by atoms with Gasteiger partial charge in [-0.15, -0.1) is 0 Å². The molecule has 108 valence electrons. The van der Waals surface area contributed by atoms with E-state index in [-0.39, 0.29) is 5.54 Å². The van der Waals surface area contributed by atoms with Crippen LogP contribution in [-0.4, -0.2) is 4.98 Å². The quantitative estimate of drug-likeness (QED) is 0.749. The summed E-state index contributed by atoms with van der Waals surface area (Å²) in [5.41, 5.74) is 5.90. The largest absolute Gasteiger partial charge is 0.355 e. The molecule has 1 aliphatic carbocycles. The van der Waals surface area contributed by atoms with Crippen LogP contribution in [0.25, 0.3) is 0 Å². The zero-order chi connectivity index (χ0) is 14.4. The van der Waals surface area contributed by atoms with Crippen LogP contribution in [0, 0.1) is 6.92 Å². The van der Waals surface area contributed by atoms with Crippen molar-refractivity contribution >= 4 is 5.69 Å². The summed E-state index contributed by atoms with van der Waals surface area (Å²) in [6.45, 7) is 4.56. The Morgan fingerprint density at radius 1 is 1.14 bits per heavy atom. The van der Waals surface area contributed by atoms with Crippen LogP contribution in [0.15, 0.2) is 42.7 Å². The van der Waals surface area contributed by atoms with E-state index in [4.69, 9.17) is 0 Å². The molecule has 0 N–H and O–H groups in total. The van der Waals surface area contributed by atoms with Crippen LogP contribution < -0.4 is 4.90 Å². The van der Waals surface area contributed by atoms with Crippen LogP contribution in [0.4, 0.5) is 5.69 Å². The van der Waals surface area contributed by atoms with Gasteiger partial charge < -0.3 is 4.90 Å². The first-order valence-electron chi connectivity index (χ1n) is 8.03. The van der Waals surface area contributed by atoms with Gasteiger partial charge in [0.2, 0.25) is 0 Å². The van der Waals surface area contributed by atoms with Crippen LogP contribution in [0.1, 0.15) is 55.3 Å². The predicted molar refractivity (Wildman–Crippen MR) is 86.5 cm³/mol. The molecule has 1 aromatic heterocycles. The second-order valence-electron chi connectivity index (χ2n) is 6.53. The summed E-state index contributed by atoms with van der Waals surface area (Å²) in [4.78, 5) is 7.07. The summed E-state index contributed by atoms with van der Waals surface area (Å²) in [6, 6.07) is 11.5. The Kier molecular flexibility index (Phi) is 2.81. The lowest BCUT2D eigenvalue weighted by Gasteiger charge is -2.41. The molecule has 0 saturated heterocycles. The molecule has 2 heterocycles. The minimum Gasteiger partial charge on any atom is -0.355 e. The fourth-order valence-corrected chi connectivity index (χ4v) is 4.55. The van der Waals surface area contributed by atoms with Crippen molar-refractivity contribution in [3.05, 3.63) is 59.4 Å². The third kappa shape index (κ3) is 1.68. The highest BCUT2D eigenvalue weighted by atomic mass is 15.3. The maximum atomic E-state index is 4.39. The summed E-state index contributed by atoms with van der Waals surface area (Å²) in [5.74, 6) is 0.